The van der Waals surface area contributed by atoms with Crippen LogP contribution in [0.4, 0.5) is 4.39 Å². The zero-order valence-corrected chi connectivity index (χ0v) is 11.1. The molecule has 0 aliphatic heterocycles. The normalized spacial score (nSPS) is 17.8. The number of nitrogens with zero attached hydrogens (tertiary/aromatic N) is 1. The molecule has 1 atom stereocenters. The van der Waals surface area contributed by atoms with Crippen molar-refractivity contribution in [3.05, 3.63) is 35.6 Å². The van der Waals surface area contributed by atoms with Gasteiger partial charge in [0.2, 0.25) is 0 Å². The van der Waals surface area contributed by atoms with Gasteiger partial charge in [-0.2, -0.15) is 0 Å². The van der Waals surface area contributed by atoms with Crippen LogP contribution in [0.25, 0.3) is 0 Å². The summed E-state index contributed by atoms with van der Waals surface area (Å²) >= 11 is 0. The van der Waals surface area contributed by atoms with Crippen molar-refractivity contribution in [3.63, 3.8) is 0 Å². The minimum Gasteiger partial charge on any atom is -0.323 e. The number of halogens is 1. The van der Waals surface area contributed by atoms with Crippen LogP contribution in [0.3, 0.4) is 0 Å². The van der Waals surface area contributed by atoms with Crippen LogP contribution in [0, 0.1) is 11.7 Å². The summed E-state index contributed by atoms with van der Waals surface area (Å²) in [7, 11) is 0. The van der Waals surface area contributed by atoms with E-state index in [-0.39, 0.29) is 11.9 Å². The number of hydrogen-bond acceptors (Lipinski definition) is 2. The van der Waals surface area contributed by atoms with Crippen molar-refractivity contribution in [3.8, 4) is 0 Å². The van der Waals surface area contributed by atoms with E-state index in [1.807, 2.05) is 6.07 Å². The van der Waals surface area contributed by atoms with Crippen molar-refractivity contribution in [1.29, 1.82) is 0 Å². The summed E-state index contributed by atoms with van der Waals surface area (Å²) in [6.45, 7) is 4.98. The summed E-state index contributed by atoms with van der Waals surface area (Å²) in [6, 6.07) is 6.60. The maximum atomic E-state index is 13.6. The van der Waals surface area contributed by atoms with Crippen LogP contribution in [-0.2, 0) is 0 Å². The van der Waals surface area contributed by atoms with E-state index in [1.165, 1.54) is 25.3 Å². The van der Waals surface area contributed by atoms with Crippen LogP contribution in [0.1, 0.15) is 37.8 Å². The third kappa shape index (κ3) is 3.30. The van der Waals surface area contributed by atoms with Crippen LogP contribution < -0.4 is 5.73 Å². The molecule has 1 fully saturated rings. The standard InChI is InChI=1S/C15H23FN2/c1-2-18(10-12-6-5-7-12)11-15(17)13-8-3-4-9-14(13)16/h3-4,8-9,12,15H,2,5-7,10-11,17H2,1H3. The van der Waals surface area contributed by atoms with E-state index in [0.29, 0.717) is 5.56 Å². The SMILES string of the molecule is CCN(CC1CCC1)CC(N)c1ccccc1F. The molecule has 1 aliphatic carbocycles. The van der Waals surface area contributed by atoms with Crippen LogP contribution in [0.5, 0.6) is 0 Å². The highest BCUT2D eigenvalue weighted by atomic mass is 19.1. The molecule has 1 unspecified atom stereocenters. The molecule has 0 bridgehead atoms. The first-order valence-electron chi connectivity index (χ1n) is 6.93. The molecule has 0 heterocycles. The molecule has 2 N–H and O–H groups in total. The molecule has 1 aliphatic rings. The second-order valence-corrected chi connectivity index (χ2v) is 5.28. The Hall–Kier alpha value is -0.930. The molecule has 100 valence electrons. The lowest BCUT2D eigenvalue weighted by molar-refractivity contribution is 0.176. The number of hydrogen-bond donors (Lipinski definition) is 1. The molecule has 1 aromatic rings. The van der Waals surface area contributed by atoms with Gasteiger partial charge in [-0.25, -0.2) is 4.39 Å². The van der Waals surface area contributed by atoms with E-state index in [9.17, 15) is 4.39 Å². The predicted molar refractivity (Wildman–Crippen MR) is 72.8 cm³/mol. The Morgan fingerprint density at radius 2 is 2.11 bits per heavy atom. The van der Waals surface area contributed by atoms with Crippen molar-refractivity contribution < 1.29 is 4.39 Å². The Balaban J connectivity index is 1.92. The molecule has 3 heteroatoms. The largest absolute Gasteiger partial charge is 0.323 e. The first-order chi connectivity index (χ1) is 8.70. The molecule has 0 spiro atoms. The Labute approximate surface area is 109 Å². The summed E-state index contributed by atoms with van der Waals surface area (Å²) in [5, 5.41) is 0. The first kappa shape index (κ1) is 13.5. The van der Waals surface area contributed by atoms with Crippen LogP contribution in [-0.4, -0.2) is 24.5 Å². The number of nitrogens with two attached hydrogens (primary N) is 1. The average Bonchev–Trinajstić information content (AvgIpc) is 2.32. The lowest BCUT2D eigenvalue weighted by atomic mass is 9.85. The molecule has 0 amide bonds. The summed E-state index contributed by atoms with van der Waals surface area (Å²) < 4.78 is 13.6. The van der Waals surface area contributed by atoms with Gasteiger partial charge in [0.05, 0.1) is 0 Å². The molecule has 0 saturated heterocycles. The Kier molecular flexibility index (Phi) is 4.72. The zero-order valence-electron chi connectivity index (χ0n) is 11.1. The van der Waals surface area contributed by atoms with Crippen LogP contribution in [0.15, 0.2) is 24.3 Å². The van der Waals surface area contributed by atoms with E-state index in [2.05, 4.69) is 11.8 Å². The van der Waals surface area contributed by atoms with Crippen molar-refractivity contribution in [2.45, 2.75) is 32.2 Å². The molecular formula is C15H23FN2. The highest BCUT2D eigenvalue weighted by molar-refractivity contribution is 5.21. The predicted octanol–water partition coefficient (Wildman–Crippen LogP) is 2.95. The second kappa shape index (κ2) is 6.30. The van der Waals surface area contributed by atoms with Gasteiger partial charge in [0.15, 0.2) is 0 Å². The van der Waals surface area contributed by atoms with E-state index < -0.39 is 0 Å². The first-order valence-corrected chi connectivity index (χ1v) is 6.93. The Bertz CT molecular complexity index is 377. The fourth-order valence-corrected chi connectivity index (χ4v) is 2.53. The van der Waals surface area contributed by atoms with Gasteiger partial charge < -0.3 is 10.6 Å². The molecule has 1 saturated carbocycles. The van der Waals surface area contributed by atoms with Gasteiger partial charge in [0.25, 0.3) is 0 Å². The smallest absolute Gasteiger partial charge is 0.128 e. The average molecular weight is 250 g/mol. The number of rotatable bonds is 6. The van der Waals surface area contributed by atoms with E-state index in [0.717, 1.165) is 25.6 Å². The highest BCUT2D eigenvalue weighted by Gasteiger charge is 2.21. The minimum absolute atomic E-state index is 0.190. The summed E-state index contributed by atoms with van der Waals surface area (Å²) in [6.07, 6.45) is 4.04. The molecule has 0 aromatic heterocycles. The lowest BCUT2D eigenvalue weighted by Gasteiger charge is -2.33. The fourth-order valence-electron chi connectivity index (χ4n) is 2.53. The molecule has 2 rings (SSSR count). The Morgan fingerprint density at radius 3 is 2.67 bits per heavy atom. The number of likely N-dealkylation sites (N-methyl/N-ethyl adjacent to an activating group) is 1. The van der Waals surface area contributed by atoms with Gasteiger partial charge >= 0.3 is 0 Å². The topological polar surface area (TPSA) is 29.3 Å². The molecule has 2 nitrogen and oxygen atoms in total. The third-order valence-electron chi connectivity index (χ3n) is 3.95. The lowest BCUT2D eigenvalue weighted by Crippen LogP contribution is -2.37. The van der Waals surface area contributed by atoms with Gasteiger partial charge in [0, 0.05) is 24.7 Å². The highest BCUT2D eigenvalue weighted by Crippen LogP contribution is 2.27. The van der Waals surface area contributed by atoms with Crippen molar-refractivity contribution in [2.24, 2.45) is 11.7 Å². The maximum Gasteiger partial charge on any atom is 0.128 e. The number of benzene rings is 1. The van der Waals surface area contributed by atoms with Crippen molar-refractivity contribution >= 4 is 0 Å². The van der Waals surface area contributed by atoms with E-state index in [4.69, 9.17) is 5.73 Å². The van der Waals surface area contributed by atoms with E-state index in [1.54, 1.807) is 12.1 Å². The van der Waals surface area contributed by atoms with Crippen LogP contribution in [0.2, 0.25) is 0 Å². The van der Waals surface area contributed by atoms with Crippen molar-refractivity contribution in [1.82, 2.24) is 4.90 Å². The van der Waals surface area contributed by atoms with Gasteiger partial charge in [-0.3, -0.25) is 0 Å². The summed E-state index contributed by atoms with van der Waals surface area (Å²) in [5.41, 5.74) is 6.76. The van der Waals surface area contributed by atoms with Gasteiger partial charge in [-0.05, 0) is 31.4 Å². The second-order valence-electron chi connectivity index (χ2n) is 5.28. The maximum absolute atomic E-state index is 13.6. The van der Waals surface area contributed by atoms with Crippen molar-refractivity contribution in [2.75, 3.05) is 19.6 Å². The monoisotopic (exact) mass is 250 g/mol. The van der Waals surface area contributed by atoms with Gasteiger partial charge in [0.1, 0.15) is 5.82 Å². The molecular weight excluding hydrogens is 227 g/mol. The van der Waals surface area contributed by atoms with E-state index >= 15 is 0 Å². The fraction of sp³-hybridized carbons (Fsp3) is 0.600. The summed E-state index contributed by atoms with van der Waals surface area (Å²) in [5.74, 6) is 0.641. The zero-order chi connectivity index (χ0) is 13.0. The minimum atomic E-state index is -0.230. The van der Waals surface area contributed by atoms with Gasteiger partial charge in [-0.1, -0.05) is 31.5 Å². The van der Waals surface area contributed by atoms with Gasteiger partial charge in [-0.15, -0.1) is 0 Å². The van der Waals surface area contributed by atoms with Crippen LogP contribution >= 0.6 is 0 Å². The molecule has 0 radical (unpaired) electrons. The third-order valence-corrected chi connectivity index (χ3v) is 3.95. The molecule has 1 aromatic carbocycles. The molecule has 18 heavy (non-hydrogen) atoms. The Morgan fingerprint density at radius 1 is 1.39 bits per heavy atom. The summed E-state index contributed by atoms with van der Waals surface area (Å²) in [4.78, 5) is 2.35. The quantitative estimate of drug-likeness (QED) is 0.841.